The van der Waals surface area contributed by atoms with Gasteiger partial charge in [-0.05, 0) is 60.3 Å². The zero-order chi connectivity index (χ0) is 30.5. The Balaban J connectivity index is 1.27. The van der Waals surface area contributed by atoms with Crippen LogP contribution in [0, 0.1) is 0 Å². The summed E-state index contributed by atoms with van der Waals surface area (Å²) in [5.74, 6) is 1.96. The quantitative estimate of drug-likeness (QED) is 0.193. The molecule has 0 saturated carbocycles. The molecule has 3 nitrogen and oxygen atoms in total. The molecule has 0 aliphatic carbocycles. The summed E-state index contributed by atoms with van der Waals surface area (Å²) in [5, 5.41) is 9.61. The molecule has 0 atom stereocenters. The van der Waals surface area contributed by atoms with Crippen LogP contribution >= 0.6 is 0 Å². The Hall–Kier alpha value is -6.19. The third-order valence-electron chi connectivity index (χ3n) is 8.92. The summed E-state index contributed by atoms with van der Waals surface area (Å²) >= 11 is 0. The number of fused-ring (bicyclic) bond motifs is 6. The van der Waals surface area contributed by atoms with Gasteiger partial charge in [0.05, 0.1) is 0 Å². The number of rotatable bonds is 4. The van der Waals surface area contributed by atoms with Crippen molar-refractivity contribution >= 4 is 43.1 Å². The van der Waals surface area contributed by atoms with Crippen LogP contribution in [0.25, 0.3) is 88.4 Å². The molecule has 214 valence electrons. The zero-order valence-electron chi connectivity index (χ0n) is 24.9. The van der Waals surface area contributed by atoms with Gasteiger partial charge in [-0.3, -0.25) is 0 Å². The first-order valence-electron chi connectivity index (χ1n) is 15.5. The standard InChI is InChI=1S/C43H27N3/c1-3-11-28(12-4-1)34-18-9-16-30-21-22-32(27-40(30)34)42-44-41(31-14-5-2-6-15-31)45-43(46-42)39-20-10-19-35-37-24-23-29-13-7-8-17-33(29)36(37)25-26-38(35)39/h1-27H. The third-order valence-corrected chi connectivity index (χ3v) is 8.92. The average Bonchev–Trinajstić information content (AvgIpc) is 3.14. The molecular formula is C43H27N3. The molecule has 0 amide bonds. The molecule has 9 aromatic rings. The Kier molecular flexibility index (Phi) is 6.14. The fraction of sp³-hybridized carbons (Fsp3) is 0. The average molecular weight is 586 g/mol. The van der Waals surface area contributed by atoms with E-state index in [0.717, 1.165) is 22.1 Å². The summed E-state index contributed by atoms with van der Waals surface area (Å²) in [6, 6.07) is 57.5. The number of hydrogen-bond acceptors (Lipinski definition) is 3. The van der Waals surface area contributed by atoms with E-state index >= 15 is 0 Å². The SMILES string of the molecule is c1ccc(-c2nc(-c3ccc4cccc(-c5ccccc5)c4c3)nc(-c3cccc4c3ccc3c5ccccc5ccc43)n2)cc1. The Morgan fingerprint density at radius 2 is 0.783 bits per heavy atom. The second kappa shape index (κ2) is 10.8. The Labute approximate surface area is 266 Å². The Morgan fingerprint density at radius 3 is 1.63 bits per heavy atom. The highest BCUT2D eigenvalue weighted by atomic mass is 15.0. The normalized spacial score (nSPS) is 11.5. The molecule has 3 heteroatoms. The topological polar surface area (TPSA) is 38.7 Å². The highest BCUT2D eigenvalue weighted by molar-refractivity contribution is 6.19. The maximum atomic E-state index is 5.17. The smallest absolute Gasteiger partial charge is 0.164 e. The molecule has 0 aliphatic rings. The lowest BCUT2D eigenvalue weighted by Gasteiger charge is -2.13. The van der Waals surface area contributed by atoms with Crippen LogP contribution in [0.1, 0.15) is 0 Å². The van der Waals surface area contributed by atoms with Gasteiger partial charge in [0.2, 0.25) is 0 Å². The van der Waals surface area contributed by atoms with Crippen molar-refractivity contribution < 1.29 is 0 Å². The third kappa shape index (κ3) is 4.41. The second-order valence-corrected chi connectivity index (χ2v) is 11.6. The largest absolute Gasteiger partial charge is 0.208 e. The lowest BCUT2D eigenvalue weighted by Crippen LogP contribution is -2.00. The van der Waals surface area contributed by atoms with Gasteiger partial charge in [-0.15, -0.1) is 0 Å². The summed E-state index contributed by atoms with van der Waals surface area (Å²) in [6.45, 7) is 0. The predicted molar refractivity (Wildman–Crippen MR) is 192 cm³/mol. The first kappa shape index (κ1) is 26.2. The van der Waals surface area contributed by atoms with Crippen LogP contribution in [-0.4, -0.2) is 15.0 Å². The predicted octanol–water partition coefficient (Wildman–Crippen LogP) is 11.2. The summed E-state index contributed by atoms with van der Waals surface area (Å²) in [6.07, 6.45) is 0. The molecular weight excluding hydrogens is 558 g/mol. The Morgan fingerprint density at radius 1 is 0.261 bits per heavy atom. The van der Waals surface area contributed by atoms with Crippen LogP contribution < -0.4 is 0 Å². The van der Waals surface area contributed by atoms with Gasteiger partial charge in [0.25, 0.3) is 0 Å². The zero-order valence-corrected chi connectivity index (χ0v) is 24.9. The van der Waals surface area contributed by atoms with Gasteiger partial charge in [0.1, 0.15) is 0 Å². The molecule has 0 spiro atoms. The van der Waals surface area contributed by atoms with Crippen molar-refractivity contribution in [3.05, 3.63) is 164 Å². The van der Waals surface area contributed by atoms with Crippen LogP contribution in [0.4, 0.5) is 0 Å². The van der Waals surface area contributed by atoms with E-state index in [9.17, 15) is 0 Å². The summed E-state index contributed by atoms with van der Waals surface area (Å²) < 4.78 is 0. The molecule has 1 heterocycles. The van der Waals surface area contributed by atoms with Crippen molar-refractivity contribution in [2.75, 3.05) is 0 Å². The molecule has 46 heavy (non-hydrogen) atoms. The van der Waals surface area contributed by atoms with Gasteiger partial charge < -0.3 is 0 Å². The van der Waals surface area contributed by atoms with Gasteiger partial charge >= 0.3 is 0 Å². The minimum Gasteiger partial charge on any atom is -0.208 e. The van der Waals surface area contributed by atoms with Crippen LogP contribution in [0.2, 0.25) is 0 Å². The second-order valence-electron chi connectivity index (χ2n) is 11.6. The molecule has 0 saturated heterocycles. The summed E-state index contributed by atoms with van der Waals surface area (Å²) in [4.78, 5) is 15.3. The minimum absolute atomic E-state index is 0.650. The molecule has 0 N–H and O–H groups in total. The van der Waals surface area contributed by atoms with Gasteiger partial charge in [0, 0.05) is 16.7 Å². The van der Waals surface area contributed by atoms with Crippen molar-refractivity contribution in [3.63, 3.8) is 0 Å². The van der Waals surface area contributed by atoms with Gasteiger partial charge in [-0.2, -0.15) is 0 Å². The van der Waals surface area contributed by atoms with Gasteiger partial charge in [0.15, 0.2) is 17.5 Å². The van der Waals surface area contributed by atoms with Crippen molar-refractivity contribution in [1.82, 2.24) is 15.0 Å². The van der Waals surface area contributed by atoms with E-state index in [4.69, 9.17) is 15.0 Å². The fourth-order valence-corrected chi connectivity index (χ4v) is 6.67. The monoisotopic (exact) mass is 585 g/mol. The highest BCUT2D eigenvalue weighted by Crippen LogP contribution is 2.37. The van der Waals surface area contributed by atoms with E-state index in [1.165, 1.54) is 48.8 Å². The van der Waals surface area contributed by atoms with Crippen LogP contribution in [0.15, 0.2) is 164 Å². The highest BCUT2D eigenvalue weighted by Gasteiger charge is 2.16. The number of aromatic nitrogens is 3. The molecule has 1 aromatic heterocycles. The number of hydrogen-bond donors (Lipinski definition) is 0. The molecule has 0 fully saturated rings. The van der Waals surface area contributed by atoms with Crippen LogP contribution in [-0.2, 0) is 0 Å². The fourth-order valence-electron chi connectivity index (χ4n) is 6.67. The first-order chi connectivity index (χ1) is 22.8. The lowest BCUT2D eigenvalue weighted by atomic mass is 9.95. The van der Waals surface area contributed by atoms with Crippen molar-refractivity contribution in [3.8, 4) is 45.3 Å². The van der Waals surface area contributed by atoms with Crippen molar-refractivity contribution in [1.29, 1.82) is 0 Å². The summed E-state index contributed by atoms with van der Waals surface area (Å²) in [5.41, 5.74) is 5.26. The van der Waals surface area contributed by atoms with E-state index in [2.05, 4.69) is 146 Å². The minimum atomic E-state index is 0.650. The molecule has 0 bridgehead atoms. The molecule has 8 aromatic carbocycles. The van der Waals surface area contributed by atoms with E-state index < -0.39 is 0 Å². The van der Waals surface area contributed by atoms with E-state index in [1.54, 1.807) is 0 Å². The van der Waals surface area contributed by atoms with E-state index in [1.807, 2.05) is 18.2 Å². The van der Waals surface area contributed by atoms with Crippen molar-refractivity contribution in [2.45, 2.75) is 0 Å². The lowest BCUT2D eigenvalue weighted by molar-refractivity contribution is 1.08. The van der Waals surface area contributed by atoms with Crippen LogP contribution in [0.3, 0.4) is 0 Å². The maximum absolute atomic E-state index is 5.17. The van der Waals surface area contributed by atoms with E-state index in [-0.39, 0.29) is 0 Å². The molecule has 0 unspecified atom stereocenters. The van der Waals surface area contributed by atoms with Gasteiger partial charge in [-0.1, -0.05) is 158 Å². The number of nitrogens with zero attached hydrogens (tertiary/aromatic N) is 3. The van der Waals surface area contributed by atoms with E-state index in [0.29, 0.717) is 17.5 Å². The van der Waals surface area contributed by atoms with Crippen molar-refractivity contribution in [2.24, 2.45) is 0 Å². The number of benzene rings is 8. The molecule has 9 rings (SSSR count). The molecule has 0 radical (unpaired) electrons. The maximum Gasteiger partial charge on any atom is 0.164 e. The van der Waals surface area contributed by atoms with Crippen LogP contribution in [0.5, 0.6) is 0 Å². The Bertz CT molecular complexity index is 2570. The molecule has 0 aliphatic heterocycles. The summed E-state index contributed by atoms with van der Waals surface area (Å²) in [7, 11) is 0. The first-order valence-corrected chi connectivity index (χ1v) is 15.5. The van der Waals surface area contributed by atoms with Gasteiger partial charge in [-0.25, -0.2) is 15.0 Å².